The van der Waals surface area contributed by atoms with Gasteiger partial charge in [0, 0.05) is 0 Å². The first-order valence-corrected chi connectivity index (χ1v) is 4.00. The summed E-state index contributed by atoms with van der Waals surface area (Å²) in [5.41, 5.74) is 0. The van der Waals surface area contributed by atoms with E-state index in [9.17, 15) is 13.6 Å². The molecule has 0 atom stereocenters. The van der Waals surface area contributed by atoms with E-state index < -0.39 is 25.0 Å². The van der Waals surface area contributed by atoms with Crippen molar-refractivity contribution in [3.8, 4) is 0 Å². The molecule has 84 valence electrons. The van der Waals surface area contributed by atoms with Gasteiger partial charge in [0.25, 0.3) is 5.92 Å². The van der Waals surface area contributed by atoms with E-state index in [1.165, 1.54) is 6.33 Å². The van der Waals surface area contributed by atoms with Crippen LogP contribution in [0, 0.1) is 0 Å². The summed E-state index contributed by atoms with van der Waals surface area (Å²) in [6.45, 7) is -2.46. The molecule has 2 N–H and O–H groups in total. The number of nitrogens with zero attached hydrogens (tertiary/aromatic N) is 4. The Kier molecular flexibility index (Phi) is 3.61. The molecule has 0 saturated carbocycles. The Morgan fingerprint density at radius 1 is 1.60 bits per heavy atom. The SMILES string of the molecule is O=C(Cn1cnnn1)NCC(F)(F)CO. The number of alkyl halides is 2. The zero-order valence-corrected chi connectivity index (χ0v) is 7.60. The fourth-order valence-electron chi connectivity index (χ4n) is 0.740. The Hall–Kier alpha value is -1.64. The number of carbonyl (C=O) groups is 1. The highest BCUT2D eigenvalue weighted by molar-refractivity contribution is 5.75. The smallest absolute Gasteiger partial charge is 0.287 e. The number of aliphatic hydroxyl groups excluding tert-OH is 1. The number of halogens is 2. The zero-order chi connectivity index (χ0) is 11.3. The summed E-state index contributed by atoms with van der Waals surface area (Å²) in [4.78, 5) is 11.0. The lowest BCUT2D eigenvalue weighted by Gasteiger charge is -2.13. The Morgan fingerprint density at radius 2 is 2.33 bits per heavy atom. The van der Waals surface area contributed by atoms with Crippen LogP contribution in [-0.4, -0.2) is 50.3 Å². The van der Waals surface area contributed by atoms with Gasteiger partial charge in [0.05, 0.1) is 6.54 Å². The van der Waals surface area contributed by atoms with Crippen molar-refractivity contribution in [2.24, 2.45) is 0 Å². The van der Waals surface area contributed by atoms with Crippen LogP contribution in [0.1, 0.15) is 0 Å². The van der Waals surface area contributed by atoms with E-state index in [2.05, 4.69) is 15.5 Å². The topological polar surface area (TPSA) is 92.9 Å². The number of aliphatic hydroxyl groups is 1. The Balaban J connectivity index is 2.31. The monoisotopic (exact) mass is 221 g/mol. The second-order valence-corrected chi connectivity index (χ2v) is 2.80. The summed E-state index contributed by atoms with van der Waals surface area (Å²) >= 11 is 0. The highest BCUT2D eigenvalue weighted by atomic mass is 19.3. The van der Waals surface area contributed by atoms with Gasteiger partial charge < -0.3 is 10.4 Å². The van der Waals surface area contributed by atoms with Gasteiger partial charge in [-0.05, 0) is 10.4 Å². The first kappa shape index (κ1) is 11.4. The van der Waals surface area contributed by atoms with Gasteiger partial charge >= 0.3 is 0 Å². The minimum absolute atomic E-state index is 0.242. The van der Waals surface area contributed by atoms with Gasteiger partial charge in [-0.2, -0.15) is 0 Å². The van der Waals surface area contributed by atoms with Crippen LogP contribution in [0.4, 0.5) is 8.78 Å². The maximum absolute atomic E-state index is 12.5. The molecule has 1 aromatic heterocycles. The number of hydrogen-bond acceptors (Lipinski definition) is 5. The van der Waals surface area contributed by atoms with Gasteiger partial charge in [0.15, 0.2) is 0 Å². The number of tetrazole rings is 1. The van der Waals surface area contributed by atoms with Crippen LogP contribution in [0.15, 0.2) is 6.33 Å². The summed E-state index contributed by atoms with van der Waals surface area (Å²) in [5, 5.41) is 20.1. The summed E-state index contributed by atoms with van der Waals surface area (Å²) in [7, 11) is 0. The van der Waals surface area contributed by atoms with Crippen LogP contribution in [0.25, 0.3) is 0 Å². The second kappa shape index (κ2) is 4.73. The predicted octanol–water partition coefficient (Wildman–Crippen LogP) is -1.58. The average molecular weight is 221 g/mol. The standard InChI is InChI=1S/C6H9F2N5O2/c7-6(8,3-14)2-9-5(15)1-13-4-10-11-12-13/h4,14H,1-3H2,(H,9,15). The first-order valence-electron chi connectivity index (χ1n) is 4.00. The van der Waals surface area contributed by atoms with Crippen molar-refractivity contribution in [1.29, 1.82) is 0 Å². The third-order valence-corrected chi connectivity index (χ3v) is 1.47. The van der Waals surface area contributed by atoms with Crippen LogP contribution >= 0.6 is 0 Å². The van der Waals surface area contributed by atoms with Crippen molar-refractivity contribution in [3.05, 3.63) is 6.33 Å². The van der Waals surface area contributed by atoms with Crippen molar-refractivity contribution in [2.45, 2.75) is 12.5 Å². The molecule has 1 amide bonds. The average Bonchev–Trinajstić information content (AvgIpc) is 2.68. The molecule has 1 heterocycles. The molecule has 9 heteroatoms. The molecule has 0 aliphatic heterocycles. The predicted molar refractivity (Wildman–Crippen MR) is 42.9 cm³/mol. The normalized spacial score (nSPS) is 11.4. The van der Waals surface area contributed by atoms with Crippen molar-refractivity contribution >= 4 is 5.91 Å². The number of nitrogens with one attached hydrogen (secondary N) is 1. The number of aromatic nitrogens is 4. The molecule has 0 aliphatic carbocycles. The summed E-state index contributed by atoms with van der Waals surface area (Å²) < 4.78 is 26.0. The lowest BCUT2D eigenvalue weighted by Crippen LogP contribution is -2.40. The number of hydrogen-bond donors (Lipinski definition) is 2. The molecule has 0 fully saturated rings. The van der Waals surface area contributed by atoms with Crippen molar-refractivity contribution in [2.75, 3.05) is 13.2 Å². The van der Waals surface area contributed by atoms with E-state index in [0.29, 0.717) is 0 Å². The van der Waals surface area contributed by atoms with Crippen LogP contribution in [0.2, 0.25) is 0 Å². The van der Waals surface area contributed by atoms with Crippen LogP contribution in [0.5, 0.6) is 0 Å². The van der Waals surface area contributed by atoms with Gasteiger partial charge in [-0.1, -0.05) is 0 Å². The van der Waals surface area contributed by atoms with Gasteiger partial charge in [-0.15, -0.1) is 5.10 Å². The molecule has 7 nitrogen and oxygen atoms in total. The number of carbonyl (C=O) groups excluding carboxylic acids is 1. The highest BCUT2D eigenvalue weighted by Gasteiger charge is 2.28. The summed E-state index contributed by atoms with van der Waals surface area (Å²) in [5.74, 6) is -3.97. The maximum Gasteiger partial charge on any atom is 0.287 e. The lowest BCUT2D eigenvalue weighted by atomic mass is 10.3. The van der Waals surface area contributed by atoms with Crippen molar-refractivity contribution < 1.29 is 18.7 Å². The molecule has 0 aliphatic rings. The van der Waals surface area contributed by atoms with Crippen molar-refractivity contribution in [1.82, 2.24) is 25.5 Å². The molecule has 15 heavy (non-hydrogen) atoms. The summed E-state index contributed by atoms with van der Waals surface area (Å²) in [6.07, 6.45) is 1.18. The second-order valence-electron chi connectivity index (χ2n) is 2.80. The molecule has 0 aromatic carbocycles. The number of amides is 1. The molecule has 0 bridgehead atoms. The maximum atomic E-state index is 12.5. The molecule has 0 spiro atoms. The van der Waals surface area contributed by atoms with E-state index in [-0.39, 0.29) is 6.54 Å². The highest BCUT2D eigenvalue weighted by Crippen LogP contribution is 2.09. The van der Waals surface area contributed by atoms with E-state index in [4.69, 9.17) is 5.11 Å². The summed E-state index contributed by atoms with van der Waals surface area (Å²) in [6, 6.07) is 0. The molecular weight excluding hydrogens is 212 g/mol. The minimum Gasteiger partial charge on any atom is -0.390 e. The molecule has 1 aromatic rings. The Labute approximate surface area is 83.1 Å². The Morgan fingerprint density at radius 3 is 2.87 bits per heavy atom. The quantitative estimate of drug-likeness (QED) is 0.625. The fourth-order valence-corrected chi connectivity index (χ4v) is 0.740. The van der Waals surface area contributed by atoms with Gasteiger partial charge in [-0.3, -0.25) is 4.79 Å². The molecule has 0 unspecified atom stereocenters. The first-order chi connectivity index (χ1) is 7.03. The lowest BCUT2D eigenvalue weighted by molar-refractivity contribution is -0.124. The van der Waals surface area contributed by atoms with Crippen LogP contribution in [-0.2, 0) is 11.3 Å². The largest absolute Gasteiger partial charge is 0.390 e. The van der Waals surface area contributed by atoms with E-state index in [0.717, 1.165) is 4.68 Å². The number of rotatable bonds is 5. The van der Waals surface area contributed by atoms with Crippen molar-refractivity contribution in [3.63, 3.8) is 0 Å². The molecular formula is C6H9F2N5O2. The van der Waals surface area contributed by atoms with Gasteiger partial charge in [-0.25, -0.2) is 13.5 Å². The van der Waals surface area contributed by atoms with E-state index >= 15 is 0 Å². The Bertz CT molecular complexity index is 315. The molecule has 1 rings (SSSR count). The van der Waals surface area contributed by atoms with Gasteiger partial charge in [0.2, 0.25) is 5.91 Å². The fraction of sp³-hybridized carbons (Fsp3) is 0.667. The third-order valence-electron chi connectivity index (χ3n) is 1.47. The third kappa shape index (κ3) is 3.94. The molecule has 0 radical (unpaired) electrons. The molecule has 0 saturated heterocycles. The van der Waals surface area contributed by atoms with E-state index in [1.54, 1.807) is 0 Å². The van der Waals surface area contributed by atoms with E-state index in [1.807, 2.05) is 5.32 Å². The minimum atomic E-state index is -3.31. The zero-order valence-electron chi connectivity index (χ0n) is 7.60. The van der Waals surface area contributed by atoms with Crippen LogP contribution < -0.4 is 5.32 Å². The van der Waals surface area contributed by atoms with Crippen LogP contribution in [0.3, 0.4) is 0 Å². The van der Waals surface area contributed by atoms with Gasteiger partial charge in [0.1, 0.15) is 19.5 Å².